The first-order valence-electron chi connectivity index (χ1n) is 20.8. The average molecular weight is 793 g/mol. The molecule has 0 spiro atoms. The van der Waals surface area contributed by atoms with Gasteiger partial charge in [-0.3, -0.25) is 0 Å². The minimum atomic E-state index is 0.573. The Morgan fingerprint density at radius 2 is 0.710 bits per heavy atom. The number of rotatable bonds is 7. The normalized spacial score (nSPS) is 11.5. The van der Waals surface area contributed by atoms with Crippen molar-refractivity contribution in [2.45, 2.75) is 0 Å². The van der Waals surface area contributed by atoms with Crippen LogP contribution in [0.2, 0.25) is 0 Å². The van der Waals surface area contributed by atoms with Crippen molar-refractivity contribution in [3.05, 3.63) is 218 Å². The van der Waals surface area contributed by atoms with Gasteiger partial charge in [-0.2, -0.15) is 0 Å². The largest absolute Gasteiger partial charge is 0.456 e. The van der Waals surface area contributed by atoms with Gasteiger partial charge in [-0.25, -0.2) is 15.0 Å². The van der Waals surface area contributed by atoms with Crippen LogP contribution in [-0.2, 0) is 0 Å². The number of hydrogen-bond donors (Lipinski definition) is 0. The van der Waals surface area contributed by atoms with Gasteiger partial charge in [-0.05, 0) is 82.4 Å². The molecule has 0 N–H and O–H groups in total. The van der Waals surface area contributed by atoms with Crippen molar-refractivity contribution in [1.82, 2.24) is 19.5 Å². The van der Waals surface area contributed by atoms with E-state index in [4.69, 9.17) is 19.4 Å². The number of aromatic nitrogens is 4. The van der Waals surface area contributed by atoms with Gasteiger partial charge in [0.2, 0.25) is 0 Å². The highest BCUT2D eigenvalue weighted by atomic mass is 16.3. The first-order chi connectivity index (χ1) is 30.7. The molecule has 3 aromatic heterocycles. The number of benzene rings is 9. The Labute approximate surface area is 357 Å². The molecule has 0 saturated heterocycles. The SMILES string of the molecule is c1ccc(-c2cccc(-c3nc(-c4cccc(-c5ccccc5)c4)nc(-c4ccc5c(c4)oc4cc(-c6ccccc6-n6c7ccccc7c7ccccc76)ccc45)n3)c2)cc1. The topological polar surface area (TPSA) is 56.7 Å². The summed E-state index contributed by atoms with van der Waals surface area (Å²) in [5.74, 6) is 1.77. The van der Waals surface area contributed by atoms with Crippen LogP contribution in [0.5, 0.6) is 0 Å². The van der Waals surface area contributed by atoms with Gasteiger partial charge in [-0.1, -0.05) is 164 Å². The second-order valence-corrected chi connectivity index (χ2v) is 15.6. The second kappa shape index (κ2) is 14.7. The fourth-order valence-corrected chi connectivity index (χ4v) is 8.88. The maximum atomic E-state index is 6.73. The molecule has 0 saturated carbocycles. The van der Waals surface area contributed by atoms with Gasteiger partial charge in [0, 0.05) is 43.8 Å². The Balaban J connectivity index is 0.976. The van der Waals surface area contributed by atoms with Crippen LogP contribution < -0.4 is 0 Å². The lowest BCUT2D eigenvalue weighted by atomic mass is 10.0. The van der Waals surface area contributed by atoms with E-state index >= 15 is 0 Å². The van der Waals surface area contributed by atoms with E-state index in [0.29, 0.717) is 17.5 Å². The highest BCUT2D eigenvalue weighted by molar-refractivity contribution is 6.10. The molecular weight excluding hydrogens is 757 g/mol. The summed E-state index contributed by atoms with van der Waals surface area (Å²) in [6, 6.07) is 76.3. The van der Waals surface area contributed by atoms with E-state index in [9.17, 15) is 0 Å². The van der Waals surface area contributed by atoms with Crippen molar-refractivity contribution >= 4 is 43.7 Å². The fourth-order valence-electron chi connectivity index (χ4n) is 8.88. The van der Waals surface area contributed by atoms with Crippen LogP contribution in [0.1, 0.15) is 0 Å². The molecule has 0 aliphatic carbocycles. The van der Waals surface area contributed by atoms with Crippen LogP contribution in [0.15, 0.2) is 223 Å². The number of nitrogens with zero attached hydrogens (tertiary/aromatic N) is 4. The summed E-state index contributed by atoms with van der Waals surface area (Å²) < 4.78 is 9.11. The predicted octanol–water partition coefficient (Wildman–Crippen LogP) is 14.9. The lowest BCUT2D eigenvalue weighted by molar-refractivity contribution is 0.669. The minimum absolute atomic E-state index is 0.573. The van der Waals surface area contributed by atoms with Crippen LogP contribution in [0.4, 0.5) is 0 Å². The summed E-state index contributed by atoms with van der Waals surface area (Å²) in [7, 11) is 0. The first-order valence-corrected chi connectivity index (χ1v) is 20.8. The van der Waals surface area contributed by atoms with E-state index < -0.39 is 0 Å². The van der Waals surface area contributed by atoms with Crippen LogP contribution in [0, 0.1) is 0 Å². The summed E-state index contributed by atoms with van der Waals surface area (Å²) in [5.41, 5.74) is 14.4. The molecule has 9 aromatic carbocycles. The highest BCUT2D eigenvalue weighted by Crippen LogP contribution is 2.39. The zero-order valence-electron chi connectivity index (χ0n) is 33.5. The zero-order valence-corrected chi connectivity index (χ0v) is 33.5. The molecule has 0 aliphatic heterocycles. The fraction of sp³-hybridized carbons (Fsp3) is 0. The smallest absolute Gasteiger partial charge is 0.164 e. The molecule has 62 heavy (non-hydrogen) atoms. The van der Waals surface area contributed by atoms with E-state index in [1.165, 1.54) is 21.8 Å². The van der Waals surface area contributed by atoms with Gasteiger partial charge in [0.05, 0.1) is 16.7 Å². The Hall–Kier alpha value is -8.41. The molecule has 0 fully saturated rings. The molecule has 0 bridgehead atoms. The molecule has 12 rings (SSSR count). The summed E-state index contributed by atoms with van der Waals surface area (Å²) in [5, 5.41) is 4.56. The second-order valence-electron chi connectivity index (χ2n) is 15.6. The zero-order chi connectivity index (χ0) is 41.0. The maximum absolute atomic E-state index is 6.73. The Kier molecular flexibility index (Phi) is 8.42. The number of hydrogen-bond acceptors (Lipinski definition) is 4. The molecule has 0 atom stereocenters. The molecule has 3 heterocycles. The number of furan rings is 1. The summed E-state index contributed by atoms with van der Waals surface area (Å²) in [6.07, 6.45) is 0. The van der Waals surface area contributed by atoms with Crippen LogP contribution in [0.25, 0.3) is 117 Å². The third kappa shape index (κ3) is 6.14. The Bertz CT molecular complexity index is 3490. The molecule has 5 nitrogen and oxygen atoms in total. The van der Waals surface area contributed by atoms with Gasteiger partial charge >= 0.3 is 0 Å². The van der Waals surface area contributed by atoms with E-state index in [0.717, 1.165) is 77.7 Å². The van der Waals surface area contributed by atoms with E-state index in [1.54, 1.807) is 0 Å². The quantitative estimate of drug-likeness (QED) is 0.161. The maximum Gasteiger partial charge on any atom is 0.164 e. The molecular formula is C57H36N4O. The van der Waals surface area contributed by atoms with Gasteiger partial charge in [0.15, 0.2) is 17.5 Å². The summed E-state index contributed by atoms with van der Waals surface area (Å²) in [4.78, 5) is 15.4. The lowest BCUT2D eigenvalue weighted by Crippen LogP contribution is -2.00. The third-order valence-corrected chi connectivity index (χ3v) is 11.9. The van der Waals surface area contributed by atoms with Crippen molar-refractivity contribution in [3.63, 3.8) is 0 Å². The van der Waals surface area contributed by atoms with Crippen LogP contribution in [0.3, 0.4) is 0 Å². The molecule has 5 heteroatoms. The number of para-hydroxylation sites is 3. The van der Waals surface area contributed by atoms with E-state index in [2.05, 4.69) is 211 Å². The Morgan fingerprint density at radius 1 is 0.290 bits per heavy atom. The Morgan fingerprint density at radius 3 is 1.27 bits per heavy atom. The van der Waals surface area contributed by atoms with Crippen molar-refractivity contribution in [2.75, 3.05) is 0 Å². The predicted molar refractivity (Wildman–Crippen MR) is 254 cm³/mol. The molecule has 0 radical (unpaired) electrons. The number of fused-ring (bicyclic) bond motifs is 6. The summed E-state index contributed by atoms with van der Waals surface area (Å²) in [6.45, 7) is 0. The molecule has 290 valence electrons. The van der Waals surface area contributed by atoms with Crippen LogP contribution in [-0.4, -0.2) is 19.5 Å². The highest BCUT2D eigenvalue weighted by Gasteiger charge is 2.18. The molecule has 12 aromatic rings. The summed E-state index contributed by atoms with van der Waals surface area (Å²) >= 11 is 0. The third-order valence-electron chi connectivity index (χ3n) is 11.9. The van der Waals surface area contributed by atoms with Crippen molar-refractivity contribution in [1.29, 1.82) is 0 Å². The van der Waals surface area contributed by atoms with Crippen molar-refractivity contribution in [2.24, 2.45) is 0 Å². The van der Waals surface area contributed by atoms with Gasteiger partial charge in [0.25, 0.3) is 0 Å². The minimum Gasteiger partial charge on any atom is -0.456 e. The monoisotopic (exact) mass is 792 g/mol. The van der Waals surface area contributed by atoms with Gasteiger partial charge in [0.1, 0.15) is 11.2 Å². The lowest BCUT2D eigenvalue weighted by Gasteiger charge is -2.14. The van der Waals surface area contributed by atoms with Gasteiger partial charge in [-0.15, -0.1) is 0 Å². The van der Waals surface area contributed by atoms with Crippen LogP contribution >= 0.6 is 0 Å². The molecule has 0 amide bonds. The van der Waals surface area contributed by atoms with Gasteiger partial charge < -0.3 is 8.98 Å². The van der Waals surface area contributed by atoms with E-state index in [-0.39, 0.29) is 0 Å². The first kappa shape index (κ1) is 35.5. The molecule has 0 unspecified atom stereocenters. The standard InChI is InChI=1S/C57H36N4O/c1-3-15-37(16-4-1)39-19-13-21-42(33-39)55-58-56(43-22-14-20-40(34-43)38-17-5-2-6-18-38)60-57(59-55)44-30-32-49-48-31-29-41(35-53(48)62-54(49)36-44)45-23-7-10-26-50(45)61-51-27-11-8-24-46(51)47-25-9-12-28-52(47)61/h1-36H. The average Bonchev–Trinajstić information content (AvgIpc) is 3.89. The van der Waals surface area contributed by atoms with Crippen molar-refractivity contribution in [3.8, 4) is 73.2 Å². The van der Waals surface area contributed by atoms with E-state index in [1.807, 2.05) is 12.1 Å². The van der Waals surface area contributed by atoms with Crippen molar-refractivity contribution < 1.29 is 4.42 Å². The molecule has 0 aliphatic rings.